The van der Waals surface area contributed by atoms with Crippen LogP contribution in [0.4, 0.5) is 0 Å². The van der Waals surface area contributed by atoms with Gasteiger partial charge in [-0.2, -0.15) is 0 Å². The second-order valence-electron chi connectivity index (χ2n) is 7.24. The number of hydrogen-bond donors (Lipinski definition) is 0. The van der Waals surface area contributed by atoms with Crippen molar-refractivity contribution < 1.29 is 8.42 Å². The molecule has 0 saturated carbocycles. The molecule has 0 aromatic heterocycles. The first-order valence-electron chi connectivity index (χ1n) is 10.2. The first-order valence-corrected chi connectivity index (χ1v) is 12.5. The average Bonchev–Trinajstić information content (AvgIpc) is 2.70. The van der Waals surface area contributed by atoms with Gasteiger partial charge in [0.1, 0.15) is 4.24 Å². The Morgan fingerprint density at radius 1 is 0.714 bits per heavy atom. The maximum Gasteiger partial charge on any atom is 0.109 e. The Labute approximate surface area is 175 Å². The van der Waals surface area contributed by atoms with Crippen LogP contribution >= 0.6 is 0 Å². The van der Waals surface area contributed by atoms with Gasteiger partial charge in [-0.05, 0) is 51.0 Å². The fourth-order valence-electron chi connectivity index (χ4n) is 2.92. The molecule has 2 atom stereocenters. The van der Waals surface area contributed by atoms with E-state index in [1.807, 2.05) is 68.5 Å². The van der Waals surface area contributed by atoms with E-state index < -0.39 is 21.6 Å². The van der Waals surface area contributed by atoms with Gasteiger partial charge in [-0.3, -0.25) is 0 Å². The fourth-order valence-corrected chi connectivity index (χ4v) is 5.82. The lowest BCUT2D eigenvalue weighted by atomic mass is 10.1. The molecule has 2 aromatic carbocycles. The molecule has 0 bridgehead atoms. The lowest BCUT2D eigenvalue weighted by Crippen LogP contribution is -2.04. The molecule has 0 saturated heterocycles. The first kappa shape index (κ1) is 22.8. The lowest BCUT2D eigenvalue weighted by Gasteiger charge is -2.09. The highest BCUT2D eigenvalue weighted by Crippen LogP contribution is 2.24. The summed E-state index contributed by atoms with van der Waals surface area (Å²) in [6.07, 6.45) is 10.0. The van der Waals surface area contributed by atoms with Gasteiger partial charge in [-0.25, -0.2) is 8.42 Å². The molecular weight excluding hydrogens is 384 g/mol. The summed E-state index contributed by atoms with van der Waals surface area (Å²) in [5.74, 6) is 0. The van der Waals surface area contributed by atoms with Crippen LogP contribution in [0.2, 0.25) is 0 Å². The van der Waals surface area contributed by atoms with Crippen molar-refractivity contribution >= 4 is 21.6 Å². The van der Waals surface area contributed by atoms with Gasteiger partial charge in [0.15, 0.2) is 0 Å². The summed E-state index contributed by atoms with van der Waals surface area (Å²) in [5, 5.41) is 0. The molecule has 0 aliphatic rings. The summed E-state index contributed by atoms with van der Waals surface area (Å²) in [6, 6.07) is 15.3. The third-order valence-corrected chi connectivity index (χ3v) is 8.08. The number of rotatable bonds is 11. The molecule has 0 fully saturated rings. The number of aryl methyl sites for hydroxylation is 2. The molecule has 2 nitrogen and oxygen atoms in total. The van der Waals surface area contributed by atoms with Crippen LogP contribution in [0.25, 0.3) is 0 Å². The van der Waals surface area contributed by atoms with Crippen molar-refractivity contribution in [2.75, 3.05) is 0 Å². The molecule has 0 aliphatic carbocycles. The van der Waals surface area contributed by atoms with Crippen molar-refractivity contribution in [1.82, 2.24) is 0 Å². The highest BCUT2D eigenvalue weighted by molar-refractivity contribution is 8.08. The van der Waals surface area contributed by atoms with Crippen LogP contribution < -0.4 is 0 Å². The SMILES string of the molecule is CCCCCCCCC=C([S@@](=O)c1ccc(C)cc1)[S@@](=O)c1ccc(C)cc1. The number of hydrogen-bond acceptors (Lipinski definition) is 2. The number of allylic oxidation sites excluding steroid dienone is 1. The van der Waals surface area contributed by atoms with Gasteiger partial charge in [-0.1, -0.05) is 80.5 Å². The Morgan fingerprint density at radius 2 is 1.14 bits per heavy atom. The first-order chi connectivity index (χ1) is 13.5. The predicted octanol–water partition coefficient (Wildman–Crippen LogP) is 6.81. The minimum atomic E-state index is -1.41. The van der Waals surface area contributed by atoms with Crippen LogP contribution in [-0.4, -0.2) is 8.42 Å². The molecule has 152 valence electrons. The van der Waals surface area contributed by atoms with Crippen molar-refractivity contribution in [1.29, 1.82) is 0 Å². The summed E-state index contributed by atoms with van der Waals surface area (Å²) >= 11 is 0. The normalized spacial score (nSPS) is 13.1. The van der Waals surface area contributed by atoms with E-state index in [9.17, 15) is 8.42 Å². The zero-order valence-electron chi connectivity index (χ0n) is 17.3. The minimum absolute atomic E-state index is 0.515. The van der Waals surface area contributed by atoms with E-state index in [4.69, 9.17) is 0 Å². The Morgan fingerprint density at radius 3 is 1.61 bits per heavy atom. The van der Waals surface area contributed by atoms with Crippen LogP contribution in [0.5, 0.6) is 0 Å². The number of benzene rings is 2. The number of unbranched alkanes of at least 4 members (excludes halogenated alkanes) is 6. The summed E-state index contributed by atoms with van der Waals surface area (Å²) in [4.78, 5) is 1.42. The minimum Gasteiger partial charge on any atom is -0.248 e. The molecule has 4 heteroatoms. The van der Waals surface area contributed by atoms with Crippen LogP contribution in [0, 0.1) is 13.8 Å². The van der Waals surface area contributed by atoms with Crippen molar-refractivity contribution in [3.63, 3.8) is 0 Å². The summed E-state index contributed by atoms with van der Waals surface area (Å²) in [5.41, 5.74) is 2.25. The van der Waals surface area contributed by atoms with E-state index in [2.05, 4.69) is 6.92 Å². The summed E-state index contributed by atoms with van der Waals surface area (Å²) in [6.45, 7) is 6.23. The van der Waals surface area contributed by atoms with Crippen molar-refractivity contribution in [2.24, 2.45) is 0 Å². The highest BCUT2D eigenvalue weighted by atomic mass is 32.2. The van der Waals surface area contributed by atoms with E-state index >= 15 is 0 Å². The monoisotopic (exact) mass is 416 g/mol. The maximum atomic E-state index is 13.2. The second kappa shape index (κ2) is 12.1. The Bertz CT molecular complexity index is 746. The third kappa shape index (κ3) is 7.14. The zero-order chi connectivity index (χ0) is 20.4. The van der Waals surface area contributed by atoms with Gasteiger partial charge in [0.05, 0.1) is 21.6 Å². The van der Waals surface area contributed by atoms with E-state index in [1.54, 1.807) is 0 Å². The zero-order valence-corrected chi connectivity index (χ0v) is 18.9. The van der Waals surface area contributed by atoms with Gasteiger partial charge in [-0.15, -0.1) is 0 Å². The van der Waals surface area contributed by atoms with Gasteiger partial charge in [0.25, 0.3) is 0 Å². The molecule has 2 aromatic rings. The van der Waals surface area contributed by atoms with Crippen LogP contribution in [0.3, 0.4) is 0 Å². The summed E-state index contributed by atoms with van der Waals surface area (Å²) < 4.78 is 26.9. The van der Waals surface area contributed by atoms with E-state index in [0.29, 0.717) is 14.0 Å². The molecule has 0 radical (unpaired) electrons. The van der Waals surface area contributed by atoms with Crippen LogP contribution in [0.1, 0.15) is 63.0 Å². The maximum absolute atomic E-state index is 13.2. The van der Waals surface area contributed by atoms with E-state index in [1.165, 1.54) is 25.7 Å². The molecule has 0 unspecified atom stereocenters. The van der Waals surface area contributed by atoms with Gasteiger partial charge in [0.2, 0.25) is 0 Å². The van der Waals surface area contributed by atoms with Crippen LogP contribution in [0.15, 0.2) is 68.6 Å². The second-order valence-corrected chi connectivity index (χ2v) is 10.4. The highest BCUT2D eigenvalue weighted by Gasteiger charge is 2.18. The Balaban J connectivity index is 2.15. The smallest absolute Gasteiger partial charge is 0.109 e. The van der Waals surface area contributed by atoms with Crippen molar-refractivity contribution in [3.8, 4) is 0 Å². The predicted molar refractivity (Wildman–Crippen MR) is 121 cm³/mol. The molecule has 0 spiro atoms. The average molecular weight is 417 g/mol. The molecule has 0 heterocycles. The molecule has 0 aliphatic heterocycles. The van der Waals surface area contributed by atoms with Gasteiger partial charge < -0.3 is 0 Å². The molecule has 0 amide bonds. The standard InChI is InChI=1S/C24H32O2S2/c1-4-5-6-7-8-9-10-11-24(27(25)22-16-12-20(2)13-17-22)28(26)23-18-14-21(3)15-19-23/h11-19H,4-10H2,1-3H3/t27-,28-/m0/s1. The Kier molecular flexibility index (Phi) is 9.86. The fraction of sp³-hybridized carbons (Fsp3) is 0.417. The quantitative estimate of drug-likeness (QED) is 0.377. The van der Waals surface area contributed by atoms with Gasteiger partial charge >= 0.3 is 0 Å². The van der Waals surface area contributed by atoms with Crippen molar-refractivity contribution in [3.05, 3.63) is 70.0 Å². The largest absolute Gasteiger partial charge is 0.248 e. The topological polar surface area (TPSA) is 34.1 Å². The molecule has 2 rings (SSSR count). The molecule has 28 heavy (non-hydrogen) atoms. The van der Waals surface area contributed by atoms with Crippen molar-refractivity contribution in [2.45, 2.75) is 75.5 Å². The third-order valence-electron chi connectivity index (χ3n) is 4.70. The van der Waals surface area contributed by atoms with Crippen LogP contribution in [-0.2, 0) is 21.6 Å². The summed E-state index contributed by atoms with van der Waals surface area (Å²) in [7, 11) is -2.83. The molecular formula is C24H32O2S2. The Hall–Kier alpha value is -1.52. The van der Waals surface area contributed by atoms with Gasteiger partial charge in [0, 0.05) is 9.79 Å². The van der Waals surface area contributed by atoms with E-state index in [0.717, 1.165) is 30.4 Å². The molecule has 0 N–H and O–H groups in total. The van der Waals surface area contributed by atoms with E-state index in [-0.39, 0.29) is 0 Å². The lowest BCUT2D eigenvalue weighted by molar-refractivity contribution is 0.611.